The van der Waals surface area contributed by atoms with Crippen molar-refractivity contribution in [2.24, 2.45) is 19.1 Å². The highest BCUT2D eigenvalue weighted by Crippen LogP contribution is 2.26. The molecule has 3 rings (SSSR count). The number of aliphatic imine (C=N–C) groups is 1. The molecule has 6 nitrogen and oxygen atoms in total. The summed E-state index contributed by atoms with van der Waals surface area (Å²) in [5.74, 6) is -0.467. The molecule has 0 aliphatic carbocycles. The second kappa shape index (κ2) is 8.67. The van der Waals surface area contributed by atoms with Gasteiger partial charge in [0.25, 0.3) is 5.56 Å². The van der Waals surface area contributed by atoms with Crippen LogP contribution in [0, 0.1) is 5.82 Å². The van der Waals surface area contributed by atoms with Gasteiger partial charge in [0.2, 0.25) is 5.88 Å². The van der Waals surface area contributed by atoms with Gasteiger partial charge in [0.05, 0.1) is 5.69 Å². The first-order valence-corrected chi connectivity index (χ1v) is 9.85. The first-order chi connectivity index (χ1) is 13.8. The molecule has 1 heterocycles. The summed E-state index contributed by atoms with van der Waals surface area (Å²) in [5.41, 5.74) is -0.0966. The fourth-order valence-electron chi connectivity index (χ4n) is 2.55. The third kappa shape index (κ3) is 4.60. The van der Waals surface area contributed by atoms with Gasteiger partial charge in [-0.1, -0.05) is 23.7 Å². The lowest BCUT2D eigenvalue weighted by molar-refractivity contribution is 0.410. The third-order valence-electron chi connectivity index (χ3n) is 4.19. The predicted molar refractivity (Wildman–Crippen MR) is 114 cm³/mol. The molecule has 0 aliphatic heterocycles. The monoisotopic (exact) mass is 433 g/mol. The summed E-state index contributed by atoms with van der Waals surface area (Å²) in [7, 11) is 2.69. The van der Waals surface area contributed by atoms with Crippen molar-refractivity contribution in [2.75, 3.05) is 0 Å². The van der Waals surface area contributed by atoms with E-state index in [1.54, 1.807) is 12.1 Å². The Kier molecular flexibility index (Phi) is 6.24. The molecule has 0 atom stereocenters. The molecule has 0 unspecified atom stereocenters. The van der Waals surface area contributed by atoms with Crippen LogP contribution in [0.15, 0.2) is 63.1 Å². The Labute approximate surface area is 174 Å². The van der Waals surface area contributed by atoms with Gasteiger partial charge >= 0.3 is 5.69 Å². The summed E-state index contributed by atoms with van der Waals surface area (Å²) < 4.78 is 15.1. The number of rotatable bonds is 4. The summed E-state index contributed by atoms with van der Waals surface area (Å²) in [6.07, 6.45) is 0. The van der Waals surface area contributed by atoms with E-state index in [9.17, 15) is 19.1 Å². The highest BCUT2D eigenvalue weighted by molar-refractivity contribution is 8.13. The molecule has 9 heteroatoms. The van der Waals surface area contributed by atoms with E-state index in [1.807, 2.05) is 12.1 Å². The van der Waals surface area contributed by atoms with Gasteiger partial charge in [-0.25, -0.2) is 14.2 Å². The maximum Gasteiger partial charge on any atom is 0.333 e. The molecule has 0 bridgehead atoms. The molecule has 0 radical (unpaired) electrons. The minimum Gasteiger partial charge on any atom is -0.494 e. The van der Waals surface area contributed by atoms with Crippen molar-refractivity contribution in [1.29, 1.82) is 0 Å². The van der Waals surface area contributed by atoms with Crippen LogP contribution in [0.2, 0.25) is 5.02 Å². The SMILES string of the molecule is Cn1c(O)c(C(=Nc2ccc(F)cc2)SCc2ccc(Cl)cc2)c(=O)n(C)c1=O. The lowest BCUT2D eigenvalue weighted by Gasteiger charge is -2.12. The first-order valence-electron chi connectivity index (χ1n) is 8.48. The topological polar surface area (TPSA) is 76.6 Å². The average Bonchev–Trinajstić information content (AvgIpc) is 2.71. The molecule has 150 valence electrons. The Balaban J connectivity index is 2.10. The van der Waals surface area contributed by atoms with Crippen LogP contribution in [-0.2, 0) is 19.8 Å². The molecule has 0 amide bonds. The molecule has 0 saturated carbocycles. The Morgan fingerprint density at radius 1 is 1.07 bits per heavy atom. The number of aromatic hydroxyl groups is 1. The van der Waals surface area contributed by atoms with Gasteiger partial charge in [-0.2, -0.15) is 0 Å². The van der Waals surface area contributed by atoms with E-state index < -0.39 is 22.9 Å². The van der Waals surface area contributed by atoms with Crippen LogP contribution in [0.5, 0.6) is 5.88 Å². The normalized spacial score (nSPS) is 11.7. The van der Waals surface area contributed by atoms with Crippen molar-refractivity contribution in [3.63, 3.8) is 0 Å². The summed E-state index contributed by atoms with van der Waals surface area (Å²) in [4.78, 5) is 29.2. The van der Waals surface area contributed by atoms with Crippen LogP contribution >= 0.6 is 23.4 Å². The maximum atomic E-state index is 13.2. The molecule has 0 aliphatic rings. The van der Waals surface area contributed by atoms with Gasteiger partial charge in [0.1, 0.15) is 16.4 Å². The Morgan fingerprint density at radius 3 is 2.31 bits per heavy atom. The Bertz CT molecular complexity index is 1190. The number of benzene rings is 2. The fourth-order valence-corrected chi connectivity index (χ4v) is 3.66. The Hall–Kier alpha value is -2.84. The average molecular weight is 434 g/mol. The van der Waals surface area contributed by atoms with Crippen LogP contribution in [0.3, 0.4) is 0 Å². The van der Waals surface area contributed by atoms with Gasteiger partial charge in [0, 0.05) is 24.9 Å². The lowest BCUT2D eigenvalue weighted by Crippen LogP contribution is -2.39. The van der Waals surface area contributed by atoms with E-state index in [1.165, 1.54) is 50.1 Å². The quantitative estimate of drug-likeness (QED) is 0.504. The number of aromatic nitrogens is 2. The van der Waals surface area contributed by atoms with E-state index in [0.29, 0.717) is 16.5 Å². The summed E-state index contributed by atoms with van der Waals surface area (Å²) in [5, 5.41) is 11.3. The first kappa shape index (κ1) is 20.9. The minimum absolute atomic E-state index is 0.0992. The van der Waals surface area contributed by atoms with Crippen molar-refractivity contribution in [1.82, 2.24) is 9.13 Å². The van der Waals surface area contributed by atoms with E-state index in [2.05, 4.69) is 4.99 Å². The van der Waals surface area contributed by atoms with Gasteiger partial charge in [-0.15, -0.1) is 11.8 Å². The molecule has 29 heavy (non-hydrogen) atoms. The summed E-state index contributed by atoms with van der Waals surface area (Å²) >= 11 is 7.12. The van der Waals surface area contributed by atoms with Gasteiger partial charge in [-0.05, 0) is 42.0 Å². The van der Waals surface area contributed by atoms with E-state index in [-0.39, 0.29) is 10.6 Å². The smallest absolute Gasteiger partial charge is 0.333 e. The lowest BCUT2D eigenvalue weighted by atomic mass is 10.2. The van der Waals surface area contributed by atoms with Gasteiger partial charge < -0.3 is 5.11 Å². The number of nitrogens with zero attached hydrogens (tertiary/aromatic N) is 3. The maximum absolute atomic E-state index is 13.2. The van der Waals surface area contributed by atoms with Crippen molar-refractivity contribution < 1.29 is 9.50 Å². The molecular formula is C20H17ClFN3O3S. The number of thioether (sulfide) groups is 1. The van der Waals surface area contributed by atoms with E-state index in [4.69, 9.17) is 11.6 Å². The van der Waals surface area contributed by atoms with E-state index >= 15 is 0 Å². The zero-order valence-corrected chi connectivity index (χ0v) is 17.2. The minimum atomic E-state index is -0.671. The zero-order chi connectivity index (χ0) is 21.1. The number of hydrogen-bond acceptors (Lipinski definition) is 5. The van der Waals surface area contributed by atoms with Crippen LogP contribution in [-0.4, -0.2) is 19.3 Å². The standard InChI is InChI=1S/C20H17ClFN3O3S/c1-24-18(26)16(19(27)25(2)20(24)28)17(23-15-9-7-14(22)8-10-15)29-11-12-3-5-13(21)6-4-12/h3-10,26H,11H2,1-2H3. The van der Waals surface area contributed by atoms with Crippen molar-refractivity contribution in [3.05, 3.63) is 91.3 Å². The molecule has 3 aromatic rings. The molecule has 1 N–H and O–H groups in total. The second-order valence-electron chi connectivity index (χ2n) is 6.21. The number of halogens is 2. The molecule has 2 aromatic carbocycles. The number of hydrogen-bond donors (Lipinski definition) is 1. The van der Waals surface area contributed by atoms with Crippen LogP contribution in [0.4, 0.5) is 10.1 Å². The fraction of sp³-hybridized carbons (Fsp3) is 0.150. The molecule has 0 spiro atoms. The highest BCUT2D eigenvalue weighted by Gasteiger charge is 2.21. The Morgan fingerprint density at radius 2 is 1.69 bits per heavy atom. The summed E-state index contributed by atoms with van der Waals surface area (Å²) in [6, 6.07) is 12.6. The van der Waals surface area contributed by atoms with Crippen LogP contribution < -0.4 is 11.2 Å². The zero-order valence-electron chi connectivity index (χ0n) is 15.6. The highest BCUT2D eigenvalue weighted by atomic mass is 35.5. The molecule has 1 aromatic heterocycles. The summed E-state index contributed by atoms with van der Waals surface area (Å²) in [6.45, 7) is 0. The molecule has 0 fully saturated rings. The van der Waals surface area contributed by atoms with Gasteiger partial charge in [0.15, 0.2) is 0 Å². The largest absolute Gasteiger partial charge is 0.494 e. The van der Waals surface area contributed by atoms with Crippen molar-refractivity contribution in [2.45, 2.75) is 5.75 Å². The molecular weight excluding hydrogens is 417 g/mol. The molecule has 0 saturated heterocycles. The third-order valence-corrected chi connectivity index (χ3v) is 5.49. The predicted octanol–water partition coefficient (Wildman–Crippen LogP) is 3.59. The van der Waals surface area contributed by atoms with E-state index in [0.717, 1.165) is 14.7 Å². The van der Waals surface area contributed by atoms with Crippen molar-refractivity contribution in [3.8, 4) is 5.88 Å². The van der Waals surface area contributed by atoms with Crippen LogP contribution in [0.25, 0.3) is 0 Å². The van der Waals surface area contributed by atoms with Gasteiger partial charge in [-0.3, -0.25) is 13.9 Å². The van der Waals surface area contributed by atoms with Crippen LogP contribution in [0.1, 0.15) is 11.1 Å². The van der Waals surface area contributed by atoms with Crippen molar-refractivity contribution >= 4 is 34.1 Å². The second-order valence-corrected chi connectivity index (χ2v) is 7.61.